The minimum atomic E-state index is -0.690. The van der Waals surface area contributed by atoms with Crippen molar-refractivity contribution >= 4 is 17.7 Å². The summed E-state index contributed by atoms with van der Waals surface area (Å²) in [4.78, 5) is 35.7. The molecular formula is C19H21N3O3. The Kier molecular flexibility index (Phi) is 6.71. The third-order valence-corrected chi connectivity index (χ3v) is 3.53. The normalized spacial score (nSPS) is 11.2. The fourth-order valence-electron chi connectivity index (χ4n) is 2.15. The highest BCUT2D eigenvalue weighted by atomic mass is 16.2. The van der Waals surface area contributed by atoms with E-state index in [0.29, 0.717) is 12.1 Å². The van der Waals surface area contributed by atoms with E-state index in [9.17, 15) is 14.4 Å². The highest BCUT2D eigenvalue weighted by molar-refractivity contribution is 5.97. The second-order valence-electron chi connectivity index (χ2n) is 5.54. The topological polar surface area (TPSA) is 87.3 Å². The third-order valence-electron chi connectivity index (χ3n) is 3.53. The molecule has 130 valence electrons. The van der Waals surface area contributed by atoms with Gasteiger partial charge in [0.15, 0.2) is 0 Å². The zero-order valence-electron chi connectivity index (χ0n) is 14.0. The van der Waals surface area contributed by atoms with E-state index in [0.717, 1.165) is 5.56 Å². The van der Waals surface area contributed by atoms with Crippen LogP contribution in [-0.4, -0.2) is 30.3 Å². The SMILES string of the molecule is CC(NC(=O)CNC(=O)c1ccccc1)C(=O)NCc1ccccc1. The third kappa shape index (κ3) is 6.10. The van der Waals surface area contributed by atoms with Crippen molar-refractivity contribution in [2.45, 2.75) is 19.5 Å². The van der Waals surface area contributed by atoms with E-state index in [1.165, 1.54) is 0 Å². The monoisotopic (exact) mass is 339 g/mol. The Hall–Kier alpha value is -3.15. The molecule has 0 saturated heterocycles. The number of nitrogens with one attached hydrogen (secondary N) is 3. The molecule has 1 atom stereocenters. The van der Waals surface area contributed by atoms with E-state index in [4.69, 9.17) is 0 Å². The minimum absolute atomic E-state index is 0.190. The maximum Gasteiger partial charge on any atom is 0.251 e. The molecule has 0 fully saturated rings. The number of carbonyl (C=O) groups excluding carboxylic acids is 3. The van der Waals surface area contributed by atoms with Gasteiger partial charge in [-0.25, -0.2) is 0 Å². The van der Waals surface area contributed by atoms with Crippen molar-refractivity contribution in [3.05, 3.63) is 71.8 Å². The standard InChI is InChI=1S/C19H21N3O3/c1-14(18(24)20-12-15-8-4-2-5-9-15)22-17(23)13-21-19(25)16-10-6-3-7-11-16/h2-11,14H,12-13H2,1H3,(H,20,24)(H,21,25)(H,22,23). The van der Waals surface area contributed by atoms with E-state index < -0.39 is 11.9 Å². The lowest BCUT2D eigenvalue weighted by molar-refractivity contribution is -0.128. The van der Waals surface area contributed by atoms with E-state index in [2.05, 4.69) is 16.0 Å². The van der Waals surface area contributed by atoms with Gasteiger partial charge in [0.1, 0.15) is 6.04 Å². The molecule has 3 amide bonds. The summed E-state index contributed by atoms with van der Waals surface area (Å²) in [5.74, 6) is -1.05. The smallest absolute Gasteiger partial charge is 0.251 e. The predicted molar refractivity (Wildman–Crippen MR) is 94.7 cm³/mol. The minimum Gasteiger partial charge on any atom is -0.350 e. The molecule has 2 aromatic carbocycles. The molecule has 3 N–H and O–H groups in total. The number of hydrogen-bond acceptors (Lipinski definition) is 3. The maximum atomic E-state index is 12.0. The molecule has 0 spiro atoms. The number of benzene rings is 2. The van der Waals surface area contributed by atoms with Crippen molar-refractivity contribution in [1.29, 1.82) is 0 Å². The molecule has 0 bridgehead atoms. The first-order chi connectivity index (χ1) is 12.1. The van der Waals surface area contributed by atoms with E-state index in [-0.39, 0.29) is 18.4 Å². The summed E-state index contributed by atoms with van der Waals surface area (Å²) in [6, 6.07) is 17.4. The Morgan fingerprint density at radius 3 is 2.12 bits per heavy atom. The van der Waals surface area contributed by atoms with E-state index in [1.807, 2.05) is 30.3 Å². The van der Waals surface area contributed by atoms with Gasteiger partial charge >= 0.3 is 0 Å². The van der Waals surface area contributed by atoms with Crippen LogP contribution in [0.15, 0.2) is 60.7 Å². The molecule has 0 radical (unpaired) electrons. The van der Waals surface area contributed by atoms with Gasteiger partial charge in [0.25, 0.3) is 5.91 Å². The summed E-state index contributed by atoms with van der Waals surface area (Å²) >= 11 is 0. The van der Waals surface area contributed by atoms with Crippen LogP contribution in [0.5, 0.6) is 0 Å². The highest BCUT2D eigenvalue weighted by Gasteiger charge is 2.15. The van der Waals surface area contributed by atoms with Crippen molar-refractivity contribution in [2.75, 3.05) is 6.54 Å². The van der Waals surface area contributed by atoms with Gasteiger partial charge < -0.3 is 16.0 Å². The maximum absolute atomic E-state index is 12.0. The van der Waals surface area contributed by atoms with Crippen molar-refractivity contribution < 1.29 is 14.4 Å². The lowest BCUT2D eigenvalue weighted by Gasteiger charge is -2.14. The van der Waals surface area contributed by atoms with Crippen LogP contribution >= 0.6 is 0 Å². The number of rotatable bonds is 7. The molecule has 2 aromatic rings. The summed E-state index contributed by atoms with van der Waals surface area (Å²) in [6.07, 6.45) is 0. The quantitative estimate of drug-likeness (QED) is 0.709. The number of hydrogen-bond donors (Lipinski definition) is 3. The van der Waals surface area contributed by atoms with Crippen LogP contribution in [0.1, 0.15) is 22.8 Å². The molecule has 0 aliphatic rings. The first-order valence-corrected chi connectivity index (χ1v) is 8.00. The Bertz CT molecular complexity index is 717. The van der Waals surface area contributed by atoms with Gasteiger partial charge in [-0.2, -0.15) is 0 Å². The Morgan fingerprint density at radius 2 is 1.48 bits per heavy atom. The van der Waals surface area contributed by atoms with Crippen LogP contribution in [0.25, 0.3) is 0 Å². The number of amides is 3. The molecule has 0 aliphatic heterocycles. The molecule has 2 rings (SSSR count). The molecule has 0 saturated carbocycles. The lowest BCUT2D eigenvalue weighted by atomic mass is 10.2. The second-order valence-corrected chi connectivity index (χ2v) is 5.54. The van der Waals surface area contributed by atoms with Crippen LogP contribution in [0.3, 0.4) is 0 Å². The van der Waals surface area contributed by atoms with Gasteiger partial charge in [0, 0.05) is 12.1 Å². The second kappa shape index (κ2) is 9.22. The van der Waals surface area contributed by atoms with Crippen LogP contribution in [0, 0.1) is 0 Å². The van der Waals surface area contributed by atoms with Crippen LogP contribution < -0.4 is 16.0 Å². The van der Waals surface area contributed by atoms with Gasteiger partial charge in [-0.05, 0) is 24.6 Å². The fraction of sp³-hybridized carbons (Fsp3) is 0.211. The van der Waals surface area contributed by atoms with E-state index >= 15 is 0 Å². The zero-order valence-corrected chi connectivity index (χ0v) is 14.0. The predicted octanol–water partition coefficient (Wildman–Crippen LogP) is 1.24. The summed E-state index contributed by atoms with van der Waals surface area (Å²) in [6.45, 7) is 1.80. The first-order valence-electron chi connectivity index (χ1n) is 8.00. The molecule has 0 heterocycles. The summed E-state index contributed by atoms with van der Waals surface area (Å²) in [5.41, 5.74) is 1.45. The van der Waals surface area contributed by atoms with Crippen molar-refractivity contribution in [3.63, 3.8) is 0 Å². The zero-order chi connectivity index (χ0) is 18.1. The van der Waals surface area contributed by atoms with Crippen molar-refractivity contribution in [1.82, 2.24) is 16.0 Å². The Labute approximate surface area is 146 Å². The van der Waals surface area contributed by atoms with Crippen molar-refractivity contribution in [3.8, 4) is 0 Å². The summed E-state index contributed by atoms with van der Waals surface area (Å²) in [7, 11) is 0. The Balaban J connectivity index is 1.72. The van der Waals surface area contributed by atoms with Gasteiger partial charge in [0.05, 0.1) is 6.54 Å². The lowest BCUT2D eigenvalue weighted by Crippen LogP contribution is -2.47. The molecule has 0 aliphatic carbocycles. The van der Waals surface area contributed by atoms with E-state index in [1.54, 1.807) is 37.3 Å². The van der Waals surface area contributed by atoms with Gasteiger partial charge in [-0.1, -0.05) is 48.5 Å². The van der Waals surface area contributed by atoms with Crippen molar-refractivity contribution in [2.24, 2.45) is 0 Å². The molecule has 6 heteroatoms. The van der Waals surface area contributed by atoms with Crippen LogP contribution in [0.2, 0.25) is 0 Å². The van der Waals surface area contributed by atoms with Crippen LogP contribution in [-0.2, 0) is 16.1 Å². The Morgan fingerprint density at radius 1 is 0.880 bits per heavy atom. The van der Waals surface area contributed by atoms with Gasteiger partial charge in [0.2, 0.25) is 11.8 Å². The van der Waals surface area contributed by atoms with Crippen LogP contribution in [0.4, 0.5) is 0 Å². The van der Waals surface area contributed by atoms with Gasteiger partial charge in [-0.15, -0.1) is 0 Å². The molecule has 0 aromatic heterocycles. The summed E-state index contributed by atoms with van der Waals surface area (Å²) < 4.78 is 0. The first kappa shape index (κ1) is 18.2. The average molecular weight is 339 g/mol. The average Bonchev–Trinajstić information content (AvgIpc) is 2.65. The summed E-state index contributed by atoms with van der Waals surface area (Å²) in [5, 5.41) is 7.83. The fourth-order valence-corrected chi connectivity index (χ4v) is 2.15. The molecular weight excluding hydrogens is 318 g/mol. The molecule has 6 nitrogen and oxygen atoms in total. The molecule has 25 heavy (non-hydrogen) atoms. The van der Waals surface area contributed by atoms with Gasteiger partial charge in [-0.3, -0.25) is 14.4 Å². The number of carbonyl (C=O) groups is 3. The molecule has 1 unspecified atom stereocenters. The largest absolute Gasteiger partial charge is 0.350 e. The highest BCUT2D eigenvalue weighted by Crippen LogP contribution is 1.98.